The minimum Gasteiger partial charge on any atom is -0.496 e. The van der Waals surface area contributed by atoms with Gasteiger partial charge in [-0.1, -0.05) is 0 Å². The summed E-state index contributed by atoms with van der Waals surface area (Å²) in [5, 5.41) is 3.55. The average Bonchev–Trinajstić information content (AvgIpc) is 2.80. The van der Waals surface area contributed by atoms with Gasteiger partial charge in [0, 0.05) is 50.6 Å². The van der Waals surface area contributed by atoms with Crippen molar-refractivity contribution in [1.29, 1.82) is 0 Å². The number of aromatic nitrogens is 2. The molecule has 3 aromatic rings. The summed E-state index contributed by atoms with van der Waals surface area (Å²) in [4.78, 5) is 20.2. The molecule has 1 saturated heterocycles. The van der Waals surface area contributed by atoms with Crippen molar-refractivity contribution >= 4 is 11.3 Å². The molecule has 1 fully saturated rings. The first-order chi connectivity index (χ1) is 15.5. The van der Waals surface area contributed by atoms with Crippen molar-refractivity contribution in [1.82, 2.24) is 14.7 Å². The van der Waals surface area contributed by atoms with Gasteiger partial charge in [-0.3, -0.25) is 9.20 Å². The predicted octanol–water partition coefficient (Wildman–Crippen LogP) is 3.19. The minimum absolute atomic E-state index is 0.0699. The van der Waals surface area contributed by atoms with Crippen molar-refractivity contribution in [2.45, 2.75) is 32.7 Å². The van der Waals surface area contributed by atoms with Crippen LogP contribution in [-0.2, 0) is 4.74 Å². The van der Waals surface area contributed by atoms with Crippen LogP contribution in [0, 0.1) is 13.8 Å². The molecule has 1 aliphatic heterocycles. The molecule has 1 aliphatic rings. The largest absolute Gasteiger partial charge is 0.496 e. The number of fused-ring (bicyclic) bond motifs is 1. The quantitative estimate of drug-likeness (QED) is 0.574. The van der Waals surface area contributed by atoms with E-state index in [1.54, 1.807) is 24.7 Å². The first-order valence-corrected chi connectivity index (χ1v) is 11.2. The Morgan fingerprint density at radius 2 is 1.88 bits per heavy atom. The zero-order valence-corrected chi connectivity index (χ0v) is 19.4. The molecule has 7 heteroatoms. The number of piperidine rings is 1. The molecule has 3 heterocycles. The van der Waals surface area contributed by atoms with Crippen LogP contribution in [0.15, 0.2) is 41.3 Å². The third kappa shape index (κ3) is 4.64. The van der Waals surface area contributed by atoms with Crippen LogP contribution in [0.2, 0.25) is 0 Å². The Morgan fingerprint density at radius 1 is 1.09 bits per heavy atom. The van der Waals surface area contributed by atoms with E-state index in [1.807, 2.05) is 38.2 Å². The first kappa shape index (κ1) is 22.3. The van der Waals surface area contributed by atoms with Gasteiger partial charge in [0.1, 0.15) is 11.4 Å². The molecule has 0 unspecified atom stereocenters. The summed E-state index contributed by atoms with van der Waals surface area (Å²) in [6.45, 7) is 7.55. The molecule has 1 N–H and O–H groups in total. The van der Waals surface area contributed by atoms with Crippen LogP contribution in [0.25, 0.3) is 16.9 Å². The lowest BCUT2D eigenvalue weighted by Gasteiger charge is -2.34. The molecule has 0 saturated carbocycles. The van der Waals surface area contributed by atoms with Crippen LogP contribution in [0.4, 0.5) is 5.69 Å². The molecule has 7 nitrogen and oxygen atoms in total. The zero-order chi connectivity index (χ0) is 22.7. The molecule has 0 bridgehead atoms. The van der Waals surface area contributed by atoms with Crippen LogP contribution in [-0.4, -0.2) is 55.9 Å². The summed E-state index contributed by atoms with van der Waals surface area (Å²) in [6, 6.07) is 10.1. The number of anilines is 1. The Kier molecular flexibility index (Phi) is 6.77. The second kappa shape index (κ2) is 9.71. The fraction of sp³-hybridized carbons (Fsp3) is 0.440. The number of aryl methyl sites for hydroxylation is 2. The standard InChI is InChI=1S/C25H32N4O3/c1-17-13-19(5-6-23(17)32-4)22-15-24(30)29-16-21(14-18(2)25(29)27-22)28-10-7-20(8-11-28)26-9-12-31-3/h5-6,13-16,20,26H,7-12H2,1-4H3. The van der Waals surface area contributed by atoms with E-state index in [2.05, 4.69) is 16.3 Å². The molecule has 32 heavy (non-hydrogen) atoms. The molecule has 0 spiro atoms. The average molecular weight is 437 g/mol. The fourth-order valence-corrected chi connectivity index (χ4v) is 4.42. The maximum Gasteiger partial charge on any atom is 0.258 e. The second-order valence-corrected chi connectivity index (χ2v) is 8.45. The monoisotopic (exact) mass is 436 g/mol. The van der Waals surface area contributed by atoms with E-state index in [0.717, 1.165) is 67.2 Å². The normalized spacial score (nSPS) is 14.8. The van der Waals surface area contributed by atoms with Gasteiger partial charge in [-0.05, 0) is 62.1 Å². The van der Waals surface area contributed by atoms with Crippen LogP contribution >= 0.6 is 0 Å². The van der Waals surface area contributed by atoms with Gasteiger partial charge >= 0.3 is 0 Å². The van der Waals surface area contributed by atoms with Crippen LogP contribution in [0.3, 0.4) is 0 Å². The van der Waals surface area contributed by atoms with Crippen molar-refractivity contribution in [3.05, 3.63) is 58.0 Å². The summed E-state index contributed by atoms with van der Waals surface area (Å²) in [5.74, 6) is 0.824. The molecular formula is C25H32N4O3. The van der Waals surface area contributed by atoms with E-state index in [0.29, 0.717) is 17.4 Å². The Labute approximate surface area is 189 Å². The van der Waals surface area contributed by atoms with Crippen molar-refractivity contribution in [3.8, 4) is 17.0 Å². The highest BCUT2D eigenvalue weighted by atomic mass is 16.5. The van der Waals surface area contributed by atoms with E-state index >= 15 is 0 Å². The van der Waals surface area contributed by atoms with Gasteiger partial charge in [0.05, 0.1) is 25.1 Å². The Bertz CT molecular complexity index is 1150. The summed E-state index contributed by atoms with van der Waals surface area (Å²) < 4.78 is 12.1. The Morgan fingerprint density at radius 3 is 2.56 bits per heavy atom. The molecule has 170 valence electrons. The van der Waals surface area contributed by atoms with E-state index in [1.165, 1.54) is 0 Å². The molecular weight excluding hydrogens is 404 g/mol. The molecule has 0 radical (unpaired) electrons. The number of pyridine rings is 1. The highest BCUT2D eigenvalue weighted by molar-refractivity contribution is 5.66. The molecule has 0 aliphatic carbocycles. The molecule has 1 aromatic carbocycles. The highest BCUT2D eigenvalue weighted by Crippen LogP contribution is 2.26. The predicted molar refractivity (Wildman–Crippen MR) is 128 cm³/mol. The molecule has 4 rings (SSSR count). The number of ether oxygens (including phenoxy) is 2. The van der Waals surface area contributed by atoms with Crippen molar-refractivity contribution in [2.75, 3.05) is 45.4 Å². The first-order valence-electron chi connectivity index (χ1n) is 11.2. The maximum atomic E-state index is 13.0. The van der Waals surface area contributed by atoms with Gasteiger partial charge in [0.25, 0.3) is 5.56 Å². The molecule has 0 amide bonds. The van der Waals surface area contributed by atoms with Gasteiger partial charge in [0.2, 0.25) is 0 Å². The number of hydrogen-bond donors (Lipinski definition) is 1. The number of hydrogen-bond acceptors (Lipinski definition) is 6. The minimum atomic E-state index is -0.0699. The van der Waals surface area contributed by atoms with Gasteiger partial charge in [0.15, 0.2) is 0 Å². The van der Waals surface area contributed by atoms with E-state index < -0.39 is 0 Å². The van der Waals surface area contributed by atoms with Crippen molar-refractivity contribution < 1.29 is 9.47 Å². The van der Waals surface area contributed by atoms with Gasteiger partial charge in [-0.15, -0.1) is 0 Å². The zero-order valence-electron chi connectivity index (χ0n) is 19.4. The Hall–Kier alpha value is -2.90. The number of benzene rings is 1. The van der Waals surface area contributed by atoms with Crippen LogP contribution in [0.1, 0.15) is 24.0 Å². The van der Waals surface area contributed by atoms with E-state index in [4.69, 9.17) is 14.5 Å². The summed E-state index contributed by atoms with van der Waals surface area (Å²) in [7, 11) is 3.38. The van der Waals surface area contributed by atoms with Gasteiger partial charge in [-0.25, -0.2) is 4.98 Å². The van der Waals surface area contributed by atoms with E-state index in [9.17, 15) is 4.79 Å². The summed E-state index contributed by atoms with van der Waals surface area (Å²) in [6.07, 6.45) is 4.08. The smallest absolute Gasteiger partial charge is 0.258 e. The lowest BCUT2D eigenvalue weighted by Crippen LogP contribution is -2.43. The topological polar surface area (TPSA) is 68.1 Å². The highest BCUT2D eigenvalue weighted by Gasteiger charge is 2.20. The number of nitrogens with one attached hydrogen (secondary N) is 1. The van der Waals surface area contributed by atoms with Crippen LogP contribution < -0.4 is 20.5 Å². The van der Waals surface area contributed by atoms with Crippen molar-refractivity contribution in [2.24, 2.45) is 0 Å². The SMILES string of the molecule is COCCNC1CCN(c2cc(C)c3nc(-c4ccc(OC)c(C)c4)cc(=O)n3c2)CC1. The molecule has 0 atom stereocenters. The summed E-state index contributed by atoms with van der Waals surface area (Å²) in [5.41, 5.74) is 5.29. The molecule has 2 aromatic heterocycles. The third-order valence-electron chi connectivity index (χ3n) is 6.22. The Balaban J connectivity index is 1.58. The lowest BCUT2D eigenvalue weighted by molar-refractivity contribution is 0.193. The fourth-order valence-electron chi connectivity index (χ4n) is 4.42. The van der Waals surface area contributed by atoms with Crippen LogP contribution in [0.5, 0.6) is 5.75 Å². The number of methoxy groups -OCH3 is 2. The van der Waals surface area contributed by atoms with Crippen molar-refractivity contribution in [3.63, 3.8) is 0 Å². The summed E-state index contributed by atoms with van der Waals surface area (Å²) >= 11 is 0. The second-order valence-electron chi connectivity index (χ2n) is 8.45. The van der Waals surface area contributed by atoms with E-state index in [-0.39, 0.29) is 5.56 Å². The number of nitrogens with zero attached hydrogens (tertiary/aromatic N) is 3. The van der Waals surface area contributed by atoms with Gasteiger partial charge < -0.3 is 19.7 Å². The number of rotatable bonds is 7. The third-order valence-corrected chi connectivity index (χ3v) is 6.22. The maximum absolute atomic E-state index is 13.0. The van der Waals surface area contributed by atoms with Gasteiger partial charge in [-0.2, -0.15) is 0 Å². The lowest BCUT2D eigenvalue weighted by atomic mass is 10.0.